The molecule has 0 aliphatic carbocycles. The molecule has 2 aromatic carbocycles. The highest BCUT2D eigenvalue weighted by Gasteiger charge is 2.17. The Morgan fingerprint density at radius 1 is 1.08 bits per heavy atom. The summed E-state index contributed by atoms with van der Waals surface area (Å²) in [6.07, 6.45) is -0.647. The average molecular weight is 353 g/mol. The predicted octanol–water partition coefficient (Wildman–Crippen LogP) is 2.90. The molecule has 26 heavy (non-hydrogen) atoms. The van der Waals surface area contributed by atoms with E-state index in [0.29, 0.717) is 11.4 Å². The lowest BCUT2D eigenvalue weighted by atomic mass is 10.1. The van der Waals surface area contributed by atoms with Gasteiger partial charge in [-0.25, -0.2) is 4.79 Å². The van der Waals surface area contributed by atoms with Crippen LogP contribution in [-0.4, -0.2) is 21.1 Å². The van der Waals surface area contributed by atoms with Crippen molar-refractivity contribution in [2.24, 2.45) is 14.1 Å². The van der Waals surface area contributed by atoms with E-state index in [4.69, 9.17) is 4.74 Å². The van der Waals surface area contributed by atoms with Crippen molar-refractivity contribution in [2.45, 2.75) is 26.9 Å². The molecule has 0 unspecified atom stereocenters. The van der Waals surface area contributed by atoms with Crippen LogP contribution >= 0.6 is 0 Å². The van der Waals surface area contributed by atoms with Gasteiger partial charge in [0.2, 0.25) is 0 Å². The molecule has 6 heteroatoms. The number of anilines is 1. The number of imidazole rings is 1. The van der Waals surface area contributed by atoms with Crippen LogP contribution in [-0.2, 0) is 18.9 Å². The minimum absolute atomic E-state index is 0.102. The van der Waals surface area contributed by atoms with E-state index in [0.717, 1.165) is 22.2 Å². The maximum Gasteiger partial charge on any atom is 0.328 e. The van der Waals surface area contributed by atoms with E-state index in [1.807, 2.05) is 38.1 Å². The lowest BCUT2D eigenvalue weighted by Gasteiger charge is -2.17. The van der Waals surface area contributed by atoms with Crippen LogP contribution < -0.4 is 15.7 Å². The Kier molecular flexibility index (Phi) is 4.59. The van der Waals surface area contributed by atoms with Gasteiger partial charge in [0.15, 0.2) is 6.10 Å². The fourth-order valence-corrected chi connectivity index (χ4v) is 2.92. The van der Waals surface area contributed by atoms with E-state index in [2.05, 4.69) is 5.32 Å². The number of fused-ring (bicyclic) bond motifs is 1. The molecule has 1 atom stereocenters. The van der Waals surface area contributed by atoms with Crippen molar-refractivity contribution >= 4 is 22.6 Å². The number of benzene rings is 2. The molecule has 1 amide bonds. The minimum atomic E-state index is -0.647. The summed E-state index contributed by atoms with van der Waals surface area (Å²) in [5.41, 5.74) is 4.24. The molecule has 0 aliphatic rings. The number of amides is 1. The minimum Gasteiger partial charge on any atom is -0.481 e. The highest BCUT2D eigenvalue weighted by molar-refractivity contribution is 5.96. The number of aromatic nitrogens is 2. The first-order valence-electron chi connectivity index (χ1n) is 8.49. The summed E-state index contributed by atoms with van der Waals surface area (Å²) >= 11 is 0. The van der Waals surface area contributed by atoms with Gasteiger partial charge in [-0.15, -0.1) is 0 Å². The van der Waals surface area contributed by atoms with Crippen LogP contribution in [0, 0.1) is 13.8 Å². The van der Waals surface area contributed by atoms with E-state index < -0.39 is 6.10 Å². The van der Waals surface area contributed by atoms with Crippen molar-refractivity contribution in [1.82, 2.24) is 9.13 Å². The zero-order chi connectivity index (χ0) is 19.0. The molecule has 0 spiro atoms. The van der Waals surface area contributed by atoms with Crippen molar-refractivity contribution in [3.05, 3.63) is 58.0 Å². The Labute approximate surface area is 152 Å². The normalized spacial score (nSPS) is 12.2. The molecule has 1 aromatic heterocycles. The van der Waals surface area contributed by atoms with Crippen LogP contribution in [0.25, 0.3) is 11.0 Å². The van der Waals surface area contributed by atoms with Gasteiger partial charge >= 0.3 is 5.69 Å². The number of aryl methyl sites for hydroxylation is 3. The van der Waals surface area contributed by atoms with Crippen LogP contribution in [0.5, 0.6) is 5.75 Å². The van der Waals surface area contributed by atoms with Crippen LogP contribution in [0.1, 0.15) is 18.1 Å². The maximum absolute atomic E-state index is 12.5. The summed E-state index contributed by atoms with van der Waals surface area (Å²) < 4.78 is 8.96. The number of nitrogens with zero attached hydrogens (tertiary/aromatic N) is 2. The average Bonchev–Trinajstić information content (AvgIpc) is 2.83. The first kappa shape index (κ1) is 17.8. The maximum atomic E-state index is 12.5. The molecule has 0 radical (unpaired) electrons. The van der Waals surface area contributed by atoms with Crippen molar-refractivity contribution in [1.29, 1.82) is 0 Å². The summed E-state index contributed by atoms with van der Waals surface area (Å²) in [5.74, 6) is 0.458. The Bertz CT molecular complexity index is 1050. The first-order valence-corrected chi connectivity index (χ1v) is 8.49. The fraction of sp³-hybridized carbons (Fsp3) is 0.300. The summed E-state index contributed by atoms with van der Waals surface area (Å²) in [6, 6.07) is 11.2. The van der Waals surface area contributed by atoms with Gasteiger partial charge in [-0.2, -0.15) is 0 Å². The summed E-state index contributed by atoms with van der Waals surface area (Å²) in [7, 11) is 3.44. The van der Waals surface area contributed by atoms with Crippen LogP contribution in [0.3, 0.4) is 0 Å². The van der Waals surface area contributed by atoms with Crippen LogP contribution in [0.4, 0.5) is 5.69 Å². The Hall–Kier alpha value is -3.02. The van der Waals surface area contributed by atoms with Gasteiger partial charge in [0.25, 0.3) is 5.91 Å². The van der Waals surface area contributed by atoms with Gasteiger partial charge in [0.1, 0.15) is 5.75 Å². The fourth-order valence-electron chi connectivity index (χ4n) is 2.92. The third-order valence-electron chi connectivity index (χ3n) is 4.77. The molecule has 0 saturated carbocycles. The van der Waals surface area contributed by atoms with Crippen molar-refractivity contribution < 1.29 is 9.53 Å². The molecule has 0 aliphatic heterocycles. The molecular weight excluding hydrogens is 330 g/mol. The monoisotopic (exact) mass is 353 g/mol. The number of carbonyl (C=O) groups is 1. The molecular formula is C20H23N3O3. The van der Waals surface area contributed by atoms with E-state index in [-0.39, 0.29) is 11.6 Å². The molecule has 0 saturated heterocycles. The summed E-state index contributed by atoms with van der Waals surface area (Å²) in [6.45, 7) is 5.69. The third kappa shape index (κ3) is 3.10. The van der Waals surface area contributed by atoms with Crippen LogP contribution in [0.2, 0.25) is 0 Å². The third-order valence-corrected chi connectivity index (χ3v) is 4.77. The molecule has 1 heterocycles. The van der Waals surface area contributed by atoms with E-state index >= 15 is 0 Å². The van der Waals surface area contributed by atoms with E-state index in [1.54, 1.807) is 42.3 Å². The number of carbonyl (C=O) groups excluding carboxylic acids is 1. The van der Waals surface area contributed by atoms with Gasteiger partial charge in [0, 0.05) is 19.8 Å². The predicted molar refractivity (Wildman–Crippen MR) is 103 cm³/mol. The number of hydrogen-bond donors (Lipinski definition) is 1. The van der Waals surface area contributed by atoms with Crippen molar-refractivity contribution in [3.8, 4) is 5.75 Å². The Morgan fingerprint density at radius 2 is 1.77 bits per heavy atom. The smallest absolute Gasteiger partial charge is 0.328 e. The zero-order valence-corrected chi connectivity index (χ0v) is 15.7. The topological polar surface area (TPSA) is 65.3 Å². The number of hydrogen-bond acceptors (Lipinski definition) is 3. The van der Waals surface area contributed by atoms with E-state index in [1.165, 1.54) is 0 Å². The van der Waals surface area contributed by atoms with Gasteiger partial charge in [-0.05, 0) is 56.2 Å². The SMILES string of the molecule is Cc1cccc(O[C@@H](C)C(=O)Nc2ccc3c(c2)n(C)c(=O)n3C)c1C. The molecule has 1 N–H and O–H groups in total. The molecule has 0 bridgehead atoms. The molecule has 0 fully saturated rings. The first-order chi connectivity index (χ1) is 12.3. The van der Waals surface area contributed by atoms with E-state index in [9.17, 15) is 9.59 Å². The van der Waals surface area contributed by atoms with Crippen molar-refractivity contribution in [3.63, 3.8) is 0 Å². The Morgan fingerprint density at radius 3 is 2.50 bits per heavy atom. The van der Waals surface area contributed by atoms with Crippen LogP contribution in [0.15, 0.2) is 41.2 Å². The lowest BCUT2D eigenvalue weighted by molar-refractivity contribution is -0.122. The quantitative estimate of drug-likeness (QED) is 0.784. The second-order valence-corrected chi connectivity index (χ2v) is 6.55. The summed E-state index contributed by atoms with van der Waals surface area (Å²) in [5, 5.41) is 2.86. The standard InChI is InChI=1S/C20H23N3O3/c1-12-7-6-8-18(13(12)2)26-14(3)19(24)21-15-9-10-16-17(11-15)23(5)20(25)22(16)4/h6-11,14H,1-5H3,(H,21,24)/t14-/m0/s1. The Balaban J connectivity index is 1.79. The number of nitrogens with one attached hydrogen (secondary N) is 1. The largest absolute Gasteiger partial charge is 0.481 e. The van der Waals surface area contributed by atoms with Gasteiger partial charge < -0.3 is 10.1 Å². The molecule has 3 aromatic rings. The number of ether oxygens (including phenoxy) is 1. The highest BCUT2D eigenvalue weighted by Crippen LogP contribution is 2.22. The molecule has 6 nitrogen and oxygen atoms in total. The van der Waals surface area contributed by atoms with Gasteiger partial charge in [-0.1, -0.05) is 12.1 Å². The van der Waals surface area contributed by atoms with Gasteiger partial charge in [0.05, 0.1) is 11.0 Å². The second kappa shape index (κ2) is 6.71. The molecule has 136 valence electrons. The number of rotatable bonds is 4. The van der Waals surface area contributed by atoms with Gasteiger partial charge in [-0.3, -0.25) is 13.9 Å². The lowest BCUT2D eigenvalue weighted by Crippen LogP contribution is -2.30. The summed E-state index contributed by atoms with van der Waals surface area (Å²) in [4.78, 5) is 24.5. The zero-order valence-electron chi connectivity index (χ0n) is 15.7. The second-order valence-electron chi connectivity index (χ2n) is 6.55. The van der Waals surface area contributed by atoms with Crippen molar-refractivity contribution in [2.75, 3.05) is 5.32 Å². The highest BCUT2D eigenvalue weighted by atomic mass is 16.5. The molecule has 3 rings (SSSR count).